The van der Waals surface area contributed by atoms with E-state index < -0.39 is 0 Å². The Kier molecular flexibility index (Phi) is 5.64. The number of ether oxygens (including phenoxy) is 1. The number of piperazine rings is 1. The molecule has 1 aliphatic rings. The van der Waals surface area contributed by atoms with E-state index in [1.54, 1.807) is 12.5 Å². The number of amides is 1. The first-order valence-electron chi connectivity index (χ1n) is 11.2. The Morgan fingerprint density at radius 3 is 2.55 bits per heavy atom. The van der Waals surface area contributed by atoms with Crippen LogP contribution in [0, 0.1) is 6.92 Å². The Hall–Kier alpha value is -3.94. The summed E-state index contributed by atoms with van der Waals surface area (Å²) >= 11 is 0. The minimum atomic E-state index is 0.00677. The number of carbonyl (C=O) groups excluding carboxylic acids is 1. The molecule has 168 valence electrons. The van der Waals surface area contributed by atoms with Crippen LogP contribution in [0.5, 0.6) is 5.75 Å². The van der Waals surface area contributed by atoms with Gasteiger partial charge in [0.1, 0.15) is 29.5 Å². The monoisotopic (exact) mass is 442 g/mol. The largest absolute Gasteiger partial charge is 0.493 e. The molecule has 33 heavy (non-hydrogen) atoms. The van der Waals surface area contributed by atoms with Gasteiger partial charge in [-0.15, -0.1) is 0 Å². The van der Waals surface area contributed by atoms with Crippen molar-refractivity contribution in [2.24, 2.45) is 0 Å². The highest BCUT2D eigenvalue weighted by atomic mass is 16.5. The first-order chi connectivity index (χ1) is 16.2. The molecule has 0 unspecified atom stereocenters. The van der Waals surface area contributed by atoms with Crippen molar-refractivity contribution < 1.29 is 9.53 Å². The van der Waals surface area contributed by atoms with E-state index >= 15 is 0 Å². The smallest absolute Gasteiger partial charge is 0.258 e. The molecule has 1 amide bonds. The normalized spacial score (nSPS) is 14.0. The average Bonchev–Trinajstić information content (AvgIpc) is 3.30. The molecule has 5 rings (SSSR count). The Morgan fingerprint density at radius 1 is 1.00 bits per heavy atom. The first kappa shape index (κ1) is 20.9. The van der Waals surface area contributed by atoms with Crippen LogP contribution in [0.1, 0.15) is 23.1 Å². The number of carbonyl (C=O) groups is 1. The van der Waals surface area contributed by atoms with Gasteiger partial charge in [0.15, 0.2) is 0 Å². The fraction of sp³-hybridized carbons (Fsp3) is 0.280. The second-order valence-electron chi connectivity index (χ2n) is 7.95. The van der Waals surface area contributed by atoms with Gasteiger partial charge in [-0.2, -0.15) is 0 Å². The van der Waals surface area contributed by atoms with Crippen LogP contribution in [0.3, 0.4) is 0 Å². The Bertz CT molecular complexity index is 1290. The number of imidazole rings is 1. The van der Waals surface area contributed by atoms with Crippen molar-refractivity contribution in [3.63, 3.8) is 0 Å². The molecule has 2 aromatic carbocycles. The van der Waals surface area contributed by atoms with Gasteiger partial charge in [0, 0.05) is 44.6 Å². The van der Waals surface area contributed by atoms with Crippen molar-refractivity contribution in [2.45, 2.75) is 13.8 Å². The molecule has 8 nitrogen and oxygen atoms in total. The van der Waals surface area contributed by atoms with Crippen LogP contribution in [-0.2, 0) is 0 Å². The van der Waals surface area contributed by atoms with Crippen molar-refractivity contribution >= 4 is 22.5 Å². The van der Waals surface area contributed by atoms with Crippen molar-refractivity contribution in [2.75, 3.05) is 37.7 Å². The van der Waals surface area contributed by atoms with E-state index in [0.717, 1.165) is 28.2 Å². The maximum Gasteiger partial charge on any atom is 0.258 e. The number of anilines is 1. The first-order valence-corrected chi connectivity index (χ1v) is 11.2. The number of aryl methyl sites for hydroxylation is 1. The van der Waals surface area contributed by atoms with Crippen LogP contribution in [0.15, 0.2) is 61.2 Å². The number of hydrogen-bond donors (Lipinski definition) is 0. The van der Waals surface area contributed by atoms with E-state index in [2.05, 4.69) is 19.9 Å². The molecule has 0 bridgehead atoms. The summed E-state index contributed by atoms with van der Waals surface area (Å²) in [5.74, 6) is 3.15. The predicted octanol–water partition coefficient (Wildman–Crippen LogP) is 3.49. The lowest BCUT2D eigenvalue weighted by Crippen LogP contribution is -2.49. The lowest BCUT2D eigenvalue weighted by molar-refractivity contribution is 0.0744. The molecule has 1 aliphatic heterocycles. The SMILES string of the molecule is CCOc1ccc2ccccc2c1C(=O)N1CCN(c2cc(-n3ccnc3C)ncn2)CC1. The number of benzene rings is 2. The summed E-state index contributed by atoms with van der Waals surface area (Å²) in [6.07, 6.45) is 5.22. The fourth-order valence-electron chi connectivity index (χ4n) is 4.31. The molecule has 0 atom stereocenters. The highest BCUT2D eigenvalue weighted by molar-refractivity contribution is 6.09. The van der Waals surface area contributed by atoms with Gasteiger partial charge in [0.25, 0.3) is 5.91 Å². The highest BCUT2D eigenvalue weighted by Gasteiger charge is 2.26. The molecule has 1 saturated heterocycles. The van der Waals surface area contributed by atoms with Crippen LogP contribution in [0.2, 0.25) is 0 Å². The molecular weight excluding hydrogens is 416 g/mol. The summed E-state index contributed by atoms with van der Waals surface area (Å²) in [4.78, 5) is 30.8. The fourth-order valence-corrected chi connectivity index (χ4v) is 4.31. The topological polar surface area (TPSA) is 76.4 Å². The van der Waals surface area contributed by atoms with Crippen LogP contribution in [0.25, 0.3) is 16.6 Å². The number of hydrogen-bond acceptors (Lipinski definition) is 6. The zero-order valence-corrected chi connectivity index (χ0v) is 18.8. The molecular formula is C25H26N6O2. The van der Waals surface area contributed by atoms with E-state index in [-0.39, 0.29) is 5.91 Å². The van der Waals surface area contributed by atoms with Crippen LogP contribution in [-0.4, -0.2) is 63.1 Å². The van der Waals surface area contributed by atoms with Crippen molar-refractivity contribution in [1.29, 1.82) is 0 Å². The molecule has 0 N–H and O–H groups in total. The quantitative estimate of drug-likeness (QED) is 0.471. The lowest BCUT2D eigenvalue weighted by atomic mass is 10.0. The second-order valence-corrected chi connectivity index (χ2v) is 7.95. The van der Waals surface area contributed by atoms with Gasteiger partial charge in [-0.05, 0) is 30.7 Å². The third-order valence-electron chi connectivity index (χ3n) is 6.01. The molecule has 0 radical (unpaired) electrons. The van der Waals surface area contributed by atoms with Gasteiger partial charge in [0.05, 0.1) is 12.2 Å². The third kappa shape index (κ3) is 4.00. The predicted molar refractivity (Wildman–Crippen MR) is 127 cm³/mol. The van der Waals surface area contributed by atoms with E-state index in [4.69, 9.17) is 4.74 Å². The molecule has 0 spiro atoms. The molecule has 2 aromatic heterocycles. The summed E-state index contributed by atoms with van der Waals surface area (Å²) in [5, 5.41) is 1.96. The van der Waals surface area contributed by atoms with Crippen molar-refractivity contribution in [3.05, 3.63) is 72.6 Å². The van der Waals surface area contributed by atoms with Gasteiger partial charge in [-0.25, -0.2) is 15.0 Å². The Balaban J connectivity index is 1.36. The van der Waals surface area contributed by atoms with E-state index in [1.165, 1.54) is 0 Å². The third-order valence-corrected chi connectivity index (χ3v) is 6.01. The minimum absolute atomic E-state index is 0.00677. The Labute approximate surface area is 192 Å². The Morgan fingerprint density at radius 2 is 1.79 bits per heavy atom. The summed E-state index contributed by atoms with van der Waals surface area (Å²) in [6.45, 7) is 6.99. The number of rotatable bonds is 5. The lowest BCUT2D eigenvalue weighted by Gasteiger charge is -2.35. The molecule has 0 saturated carbocycles. The van der Waals surface area contributed by atoms with Crippen LogP contribution >= 0.6 is 0 Å². The summed E-state index contributed by atoms with van der Waals surface area (Å²) in [6, 6.07) is 13.8. The van der Waals surface area contributed by atoms with Gasteiger partial charge in [-0.1, -0.05) is 30.3 Å². The van der Waals surface area contributed by atoms with Crippen LogP contribution in [0.4, 0.5) is 5.82 Å². The molecule has 8 heteroatoms. The van der Waals surface area contributed by atoms with Crippen molar-refractivity contribution in [3.8, 4) is 11.6 Å². The van der Waals surface area contributed by atoms with E-state index in [1.807, 2.05) is 72.0 Å². The van der Waals surface area contributed by atoms with E-state index in [9.17, 15) is 4.79 Å². The summed E-state index contributed by atoms with van der Waals surface area (Å²) in [5.41, 5.74) is 0.642. The summed E-state index contributed by atoms with van der Waals surface area (Å²) in [7, 11) is 0. The van der Waals surface area contributed by atoms with E-state index in [0.29, 0.717) is 44.1 Å². The number of fused-ring (bicyclic) bond motifs is 1. The minimum Gasteiger partial charge on any atom is -0.493 e. The summed E-state index contributed by atoms with van der Waals surface area (Å²) < 4.78 is 7.75. The van der Waals surface area contributed by atoms with Crippen molar-refractivity contribution in [1.82, 2.24) is 24.4 Å². The second kappa shape index (κ2) is 8.90. The van der Waals surface area contributed by atoms with Gasteiger partial charge in [-0.3, -0.25) is 9.36 Å². The molecule has 4 aromatic rings. The highest BCUT2D eigenvalue weighted by Crippen LogP contribution is 2.30. The zero-order chi connectivity index (χ0) is 22.8. The molecule has 1 fully saturated rings. The van der Waals surface area contributed by atoms with Crippen LogP contribution < -0.4 is 9.64 Å². The zero-order valence-electron chi connectivity index (χ0n) is 18.8. The molecule has 3 heterocycles. The maximum absolute atomic E-state index is 13.6. The molecule has 0 aliphatic carbocycles. The van der Waals surface area contributed by atoms with Gasteiger partial charge in [0.2, 0.25) is 0 Å². The van der Waals surface area contributed by atoms with Gasteiger partial charge >= 0.3 is 0 Å². The average molecular weight is 443 g/mol. The number of aromatic nitrogens is 4. The van der Waals surface area contributed by atoms with Gasteiger partial charge < -0.3 is 14.5 Å². The maximum atomic E-state index is 13.6. The number of nitrogens with zero attached hydrogens (tertiary/aromatic N) is 6. The standard InChI is InChI=1S/C25H26N6O2/c1-3-33-21-9-8-19-6-4-5-7-20(19)24(21)25(32)30-14-12-29(13-15-30)22-16-23(28-17-27-22)31-11-10-26-18(31)2/h4-11,16-17H,3,12-15H2,1-2H3.